The minimum absolute atomic E-state index is 0.357. The summed E-state index contributed by atoms with van der Waals surface area (Å²) < 4.78 is 17.5. The summed E-state index contributed by atoms with van der Waals surface area (Å²) >= 11 is 0. The van der Waals surface area contributed by atoms with Crippen LogP contribution in [0.3, 0.4) is 0 Å². The van der Waals surface area contributed by atoms with Gasteiger partial charge in [-0.25, -0.2) is 4.79 Å². The van der Waals surface area contributed by atoms with E-state index in [2.05, 4.69) is 0 Å². The first kappa shape index (κ1) is 15.6. The van der Waals surface area contributed by atoms with E-state index in [1.165, 1.54) is 0 Å². The number of amides is 1. The van der Waals surface area contributed by atoms with Crippen molar-refractivity contribution in [2.45, 2.75) is 31.9 Å². The maximum atomic E-state index is 12.6. The van der Waals surface area contributed by atoms with Crippen molar-refractivity contribution in [2.24, 2.45) is 0 Å². The van der Waals surface area contributed by atoms with Crippen molar-refractivity contribution < 1.29 is 19.0 Å². The lowest BCUT2D eigenvalue weighted by Gasteiger charge is -2.36. The van der Waals surface area contributed by atoms with E-state index in [1.54, 1.807) is 4.90 Å². The Bertz CT molecular complexity index is 790. The Balaban J connectivity index is 1.65. The molecule has 2 aromatic carbocycles. The van der Waals surface area contributed by atoms with Gasteiger partial charge >= 0.3 is 12.1 Å². The van der Waals surface area contributed by atoms with Gasteiger partial charge in [-0.3, -0.25) is 4.90 Å². The van der Waals surface area contributed by atoms with E-state index in [4.69, 9.17) is 14.2 Å². The molecular formula is C20H19NO4. The van der Waals surface area contributed by atoms with Gasteiger partial charge in [-0.15, -0.1) is 0 Å². The first-order valence-corrected chi connectivity index (χ1v) is 8.30. The number of carbonyl (C=O) groups excluding carboxylic acids is 1. The van der Waals surface area contributed by atoms with Crippen LogP contribution in [-0.2, 0) is 16.0 Å². The highest BCUT2D eigenvalue weighted by molar-refractivity contribution is 5.71. The van der Waals surface area contributed by atoms with Gasteiger partial charge in [-0.2, -0.15) is 0 Å². The molecule has 2 atom stereocenters. The van der Waals surface area contributed by atoms with Crippen molar-refractivity contribution in [3.05, 3.63) is 78.1 Å². The smallest absolute Gasteiger partial charge is 0.424 e. The number of benzene rings is 2. The molecule has 1 saturated heterocycles. The Labute approximate surface area is 146 Å². The van der Waals surface area contributed by atoms with Crippen LogP contribution in [-0.4, -0.2) is 23.0 Å². The van der Waals surface area contributed by atoms with Crippen LogP contribution in [0.4, 0.5) is 4.79 Å². The molecule has 4 rings (SSSR count). The van der Waals surface area contributed by atoms with Crippen LogP contribution < -0.4 is 4.74 Å². The highest BCUT2D eigenvalue weighted by Gasteiger charge is 2.60. The average Bonchev–Trinajstić information content (AvgIpc) is 2.87. The summed E-state index contributed by atoms with van der Waals surface area (Å²) in [5, 5.41) is 0. The number of fused-ring (bicyclic) bond motifs is 1. The van der Waals surface area contributed by atoms with Gasteiger partial charge in [0.1, 0.15) is 5.75 Å². The fourth-order valence-corrected chi connectivity index (χ4v) is 3.19. The average molecular weight is 337 g/mol. The lowest BCUT2D eigenvalue weighted by atomic mass is 10.1. The third-order valence-electron chi connectivity index (χ3n) is 4.38. The fourth-order valence-electron chi connectivity index (χ4n) is 3.19. The van der Waals surface area contributed by atoms with Crippen molar-refractivity contribution >= 4 is 6.09 Å². The largest absolute Gasteiger partial charge is 0.442 e. The topological polar surface area (TPSA) is 48.0 Å². The molecule has 0 bridgehead atoms. The second-order valence-corrected chi connectivity index (χ2v) is 6.17. The first-order chi connectivity index (χ1) is 12.2. The summed E-state index contributed by atoms with van der Waals surface area (Å²) in [6.45, 7) is 2.28. The highest BCUT2D eigenvalue weighted by Crippen LogP contribution is 2.40. The van der Waals surface area contributed by atoms with E-state index in [0.717, 1.165) is 5.56 Å². The molecule has 0 saturated carbocycles. The number of allylic oxidation sites excluding steroid dienone is 1. The number of carbonyl (C=O) groups is 1. The Kier molecular flexibility index (Phi) is 3.84. The van der Waals surface area contributed by atoms with Crippen LogP contribution in [0.25, 0.3) is 0 Å². The van der Waals surface area contributed by atoms with Crippen LogP contribution in [0.2, 0.25) is 0 Å². The number of ether oxygens (including phenoxy) is 3. The molecule has 2 aromatic rings. The molecule has 1 amide bonds. The van der Waals surface area contributed by atoms with E-state index >= 15 is 0 Å². The van der Waals surface area contributed by atoms with Crippen LogP contribution in [0.15, 0.2) is 72.5 Å². The van der Waals surface area contributed by atoms with E-state index < -0.39 is 12.1 Å². The van der Waals surface area contributed by atoms with Crippen molar-refractivity contribution in [1.29, 1.82) is 0 Å². The van der Waals surface area contributed by atoms with Crippen LogP contribution in [0.1, 0.15) is 18.9 Å². The van der Waals surface area contributed by atoms with Gasteiger partial charge < -0.3 is 14.2 Å². The number of rotatable bonds is 4. The predicted molar refractivity (Wildman–Crippen MR) is 91.5 cm³/mol. The molecule has 0 spiro atoms. The SMILES string of the molecule is CC1=CCC2N(Cc3ccccc3)C(=O)OC2(Oc2ccccc2)O1. The number of hydrogen-bond donors (Lipinski definition) is 0. The second kappa shape index (κ2) is 6.16. The van der Waals surface area contributed by atoms with E-state index in [9.17, 15) is 4.79 Å². The van der Waals surface area contributed by atoms with Crippen molar-refractivity contribution in [3.8, 4) is 5.75 Å². The molecule has 2 heterocycles. The normalized spacial score (nSPS) is 24.8. The summed E-state index contributed by atoms with van der Waals surface area (Å²) in [5.41, 5.74) is 1.03. The Morgan fingerprint density at radius 3 is 2.48 bits per heavy atom. The quantitative estimate of drug-likeness (QED) is 0.844. The Hall–Kier alpha value is -2.95. The number of para-hydroxylation sites is 1. The predicted octanol–water partition coefficient (Wildman–Crippen LogP) is 4.06. The molecule has 2 unspecified atom stereocenters. The van der Waals surface area contributed by atoms with Crippen LogP contribution >= 0.6 is 0 Å². The molecule has 2 aliphatic rings. The summed E-state index contributed by atoms with van der Waals surface area (Å²) in [6.07, 6.45) is 2.13. The number of nitrogens with zero attached hydrogens (tertiary/aromatic N) is 1. The van der Waals surface area contributed by atoms with E-state index in [1.807, 2.05) is 73.7 Å². The molecule has 0 N–H and O–H groups in total. The van der Waals surface area contributed by atoms with Gasteiger partial charge in [0.2, 0.25) is 0 Å². The monoisotopic (exact) mass is 337 g/mol. The number of hydrogen-bond acceptors (Lipinski definition) is 4. The summed E-state index contributed by atoms with van der Waals surface area (Å²) in [6, 6.07) is 18.7. The molecule has 25 heavy (non-hydrogen) atoms. The minimum atomic E-state index is -1.45. The standard InChI is InChI=1S/C20H19NO4/c1-15-12-13-18-20(23-15,24-17-10-6-3-7-11-17)25-19(22)21(18)14-16-8-4-2-5-9-16/h2-12,18H,13-14H2,1H3. The zero-order valence-electron chi connectivity index (χ0n) is 13.9. The maximum absolute atomic E-state index is 12.6. The molecule has 128 valence electrons. The van der Waals surface area contributed by atoms with Gasteiger partial charge in [0.05, 0.1) is 5.76 Å². The molecule has 2 aliphatic heterocycles. The van der Waals surface area contributed by atoms with E-state index in [-0.39, 0.29) is 6.04 Å². The third-order valence-corrected chi connectivity index (χ3v) is 4.38. The third kappa shape index (κ3) is 2.93. The van der Waals surface area contributed by atoms with E-state index in [0.29, 0.717) is 24.5 Å². The van der Waals surface area contributed by atoms with Gasteiger partial charge in [0.15, 0.2) is 6.04 Å². The van der Waals surface area contributed by atoms with Crippen molar-refractivity contribution in [2.75, 3.05) is 0 Å². The fraction of sp³-hybridized carbons (Fsp3) is 0.250. The molecule has 5 nitrogen and oxygen atoms in total. The molecule has 5 heteroatoms. The zero-order chi connectivity index (χ0) is 17.3. The summed E-state index contributed by atoms with van der Waals surface area (Å²) in [4.78, 5) is 14.2. The molecule has 0 radical (unpaired) electrons. The van der Waals surface area contributed by atoms with Crippen LogP contribution in [0.5, 0.6) is 5.75 Å². The van der Waals surface area contributed by atoms with Gasteiger partial charge in [-0.1, -0.05) is 48.5 Å². The van der Waals surface area contributed by atoms with Gasteiger partial charge in [-0.05, 0) is 30.7 Å². The summed E-state index contributed by atoms with van der Waals surface area (Å²) in [7, 11) is 0. The summed E-state index contributed by atoms with van der Waals surface area (Å²) in [5.74, 6) is -0.176. The highest BCUT2D eigenvalue weighted by atomic mass is 16.9. The van der Waals surface area contributed by atoms with Gasteiger partial charge in [0.25, 0.3) is 0 Å². The second-order valence-electron chi connectivity index (χ2n) is 6.17. The molecule has 0 aliphatic carbocycles. The zero-order valence-corrected chi connectivity index (χ0v) is 13.9. The Morgan fingerprint density at radius 2 is 1.76 bits per heavy atom. The first-order valence-electron chi connectivity index (χ1n) is 8.30. The molecule has 1 fully saturated rings. The van der Waals surface area contributed by atoms with Gasteiger partial charge in [0, 0.05) is 13.0 Å². The van der Waals surface area contributed by atoms with Crippen molar-refractivity contribution in [1.82, 2.24) is 4.90 Å². The van der Waals surface area contributed by atoms with Crippen LogP contribution in [0, 0.1) is 0 Å². The van der Waals surface area contributed by atoms with Crippen molar-refractivity contribution in [3.63, 3.8) is 0 Å². The molecular weight excluding hydrogens is 318 g/mol. The Morgan fingerprint density at radius 1 is 1.08 bits per heavy atom. The maximum Gasteiger partial charge on any atom is 0.442 e. The lowest BCUT2D eigenvalue weighted by molar-refractivity contribution is -0.299. The minimum Gasteiger partial charge on any atom is -0.424 e. The lowest BCUT2D eigenvalue weighted by Crippen LogP contribution is -2.52. The molecule has 0 aromatic heterocycles.